The lowest BCUT2D eigenvalue weighted by Crippen LogP contribution is -2.47. The molecule has 2 aliphatic rings. The summed E-state index contributed by atoms with van der Waals surface area (Å²) in [5.41, 5.74) is 10.7. The maximum absolute atomic E-state index is 14.0. The Morgan fingerprint density at radius 3 is 2.29 bits per heavy atom. The van der Waals surface area contributed by atoms with Crippen molar-refractivity contribution in [2.75, 3.05) is 18.0 Å². The fourth-order valence-electron chi connectivity index (χ4n) is 6.27. The van der Waals surface area contributed by atoms with Crippen LogP contribution in [0.15, 0.2) is 97.1 Å². The number of quaternary nitrogens is 1. The SMILES string of the molecule is NC(=S)N(c1ccccc1)c1cccc(-c2ccc(CC34CCCN3C(=O)[N+]([O-])(c3cc(Cl)cc(Cl)c3)C4)cc2)c1. The molecule has 2 amide bonds. The van der Waals surface area contributed by atoms with Crippen molar-refractivity contribution in [3.63, 3.8) is 0 Å². The lowest BCUT2D eigenvalue weighted by Gasteiger charge is -2.35. The number of fused-ring (bicyclic) bond motifs is 1. The largest absolute Gasteiger partial charge is 0.618 e. The molecule has 2 atom stereocenters. The summed E-state index contributed by atoms with van der Waals surface area (Å²) in [6.07, 6.45) is 2.24. The summed E-state index contributed by atoms with van der Waals surface area (Å²) in [6, 6.07) is 30.4. The summed E-state index contributed by atoms with van der Waals surface area (Å²) in [6.45, 7) is 0.696. The Kier molecular flexibility index (Phi) is 7.26. The maximum Gasteiger partial charge on any atom is 0.425 e. The highest BCUT2D eigenvalue weighted by molar-refractivity contribution is 7.80. The second-order valence-corrected chi connectivity index (χ2v) is 12.0. The van der Waals surface area contributed by atoms with Crippen LogP contribution in [0, 0.1) is 5.21 Å². The van der Waals surface area contributed by atoms with Crippen LogP contribution in [0.5, 0.6) is 0 Å². The minimum Gasteiger partial charge on any atom is -0.618 e. The molecule has 0 radical (unpaired) electrons. The van der Waals surface area contributed by atoms with E-state index in [0.717, 1.165) is 40.9 Å². The summed E-state index contributed by atoms with van der Waals surface area (Å²) in [5.74, 6) is 0. The fraction of sp³-hybridized carbons (Fsp3) is 0.188. The molecule has 2 fully saturated rings. The van der Waals surface area contributed by atoms with E-state index in [9.17, 15) is 10.0 Å². The molecule has 0 bridgehead atoms. The van der Waals surface area contributed by atoms with Gasteiger partial charge in [-0.15, -0.1) is 0 Å². The topological polar surface area (TPSA) is 72.6 Å². The zero-order chi connectivity index (χ0) is 28.8. The van der Waals surface area contributed by atoms with Crippen LogP contribution in [-0.4, -0.2) is 34.7 Å². The Morgan fingerprint density at radius 2 is 1.61 bits per heavy atom. The van der Waals surface area contributed by atoms with Crippen molar-refractivity contribution in [1.82, 2.24) is 9.55 Å². The average Bonchev–Trinajstić information content (AvgIpc) is 3.44. The van der Waals surface area contributed by atoms with Crippen molar-refractivity contribution in [3.8, 4) is 11.1 Å². The summed E-state index contributed by atoms with van der Waals surface area (Å²) in [4.78, 5) is 17.1. The van der Waals surface area contributed by atoms with Gasteiger partial charge in [0, 0.05) is 46.5 Å². The van der Waals surface area contributed by atoms with Gasteiger partial charge in [0.2, 0.25) is 0 Å². The Morgan fingerprint density at radius 1 is 0.927 bits per heavy atom. The van der Waals surface area contributed by atoms with Gasteiger partial charge in [0.15, 0.2) is 5.11 Å². The second-order valence-electron chi connectivity index (χ2n) is 10.7. The standard InChI is InChI=1S/C32H28Cl2N4O2S/c33-25-17-26(34)19-29(18-25)38(40)21-32(14-5-15-36(32)31(38)39)20-22-10-12-23(13-11-22)24-6-4-9-28(16-24)37(30(35)41)27-7-2-1-3-8-27/h1-4,6-13,16-19H,5,14-15,20-21H2,(H2,35,41). The molecular weight excluding hydrogens is 575 g/mol. The first-order chi connectivity index (χ1) is 19.7. The van der Waals surface area contributed by atoms with Crippen molar-refractivity contribution in [1.29, 1.82) is 0 Å². The van der Waals surface area contributed by atoms with E-state index in [0.29, 0.717) is 23.0 Å². The van der Waals surface area contributed by atoms with Gasteiger partial charge in [-0.3, -0.25) is 9.80 Å². The highest BCUT2D eigenvalue weighted by Gasteiger charge is 2.60. The molecule has 0 aromatic heterocycles. The molecule has 2 unspecified atom stereocenters. The fourth-order valence-corrected chi connectivity index (χ4v) is 6.99. The van der Waals surface area contributed by atoms with Crippen molar-refractivity contribution < 1.29 is 4.79 Å². The first-order valence-electron chi connectivity index (χ1n) is 13.4. The Labute approximate surface area is 254 Å². The van der Waals surface area contributed by atoms with E-state index in [-0.39, 0.29) is 17.3 Å². The van der Waals surface area contributed by atoms with Gasteiger partial charge in [-0.05, 0) is 72.1 Å². The van der Waals surface area contributed by atoms with Gasteiger partial charge in [-0.25, -0.2) is 9.44 Å². The third-order valence-corrected chi connectivity index (χ3v) is 8.70. The van der Waals surface area contributed by atoms with Gasteiger partial charge >= 0.3 is 6.03 Å². The predicted octanol–water partition coefficient (Wildman–Crippen LogP) is 8.06. The minimum absolute atomic E-state index is 0.126. The van der Waals surface area contributed by atoms with Crippen molar-refractivity contribution in [2.24, 2.45) is 5.73 Å². The average molecular weight is 604 g/mol. The monoisotopic (exact) mass is 602 g/mol. The van der Waals surface area contributed by atoms with Gasteiger partial charge < -0.3 is 10.9 Å². The Bertz CT molecular complexity index is 1610. The lowest BCUT2D eigenvalue weighted by molar-refractivity contribution is 0.184. The number of nitrogens with zero attached hydrogens (tertiary/aromatic N) is 3. The summed E-state index contributed by atoms with van der Waals surface area (Å²) >= 11 is 17.7. The van der Waals surface area contributed by atoms with E-state index in [1.165, 1.54) is 0 Å². The number of anilines is 2. The number of amides is 2. The van der Waals surface area contributed by atoms with Gasteiger partial charge in [-0.1, -0.05) is 77.8 Å². The molecule has 6 rings (SSSR count). The van der Waals surface area contributed by atoms with Gasteiger partial charge in [0.05, 0.1) is 0 Å². The summed E-state index contributed by atoms with van der Waals surface area (Å²) in [7, 11) is 0. The van der Waals surface area contributed by atoms with Crippen LogP contribution >= 0.6 is 35.4 Å². The van der Waals surface area contributed by atoms with Gasteiger partial charge in [0.25, 0.3) is 0 Å². The number of nitrogens with two attached hydrogens (primary N) is 1. The van der Waals surface area contributed by atoms with Crippen LogP contribution in [0.25, 0.3) is 11.1 Å². The molecule has 0 saturated carbocycles. The molecule has 9 heteroatoms. The molecule has 0 spiro atoms. The third kappa shape index (κ3) is 5.09. The highest BCUT2D eigenvalue weighted by Crippen LogP contribution is 2.46. The zero-order valence-corrected chi connectivity index (χ0v) is 24.5. The van der Waals surface area contributed by atoms with E-state index in [2.05, 4.69) is 30.3 Å². The van der Waals surface area contributed by atoms with Gasteiger partial charge in [0.1, 0.15) is 17.8 Å². The van der Waals surface area contributed by atoms with E-state index in [4.69, 9.17) is 41.2 Å². The normalized spacial score (nSPS) is 21.6. The lowest BCUT2D eigenvalue weighted by atomic mass is 9.88. The number of para-hydroxylation sites is 1. The molecule has 6 nitrogen and oxygen atoms in total. The van der Waals surface area contributed by atoms with Crippen molar-refractivity contribution >= 4 is 63.6 Å². The number of benzene rings is 4. The quantitative estimate of drug-likeness (QED) is 0.137. The van der Waals surface area contributed by atoms with E-state index < -0.39 is 16.2 Å². The molecule has 208 valence electrons. The van der Waals surface area contributed by atoms with Crippen LogP contribution in [0.4, 0.5) is 21.9 Å². The number of carbonyl (C=O) groups is 1. The van der Waals surface area contributed by atoms with Crippen LogP contribution in [0.2, 0.25) is 10.0 Å². The molecule has 2 heterocycles. The third-order valence-electron chi connectivity index (χ3n) is 8.08. The number of halogens is 2. The molecule has 4 aromatic carbocycles. The second kappa shape index (κ2) is 10.7. The molecule has 2 aliphatic heterocycles. The van der Waals surface area contributed by atoms with Crippen molar-refractivity contribution in [3.05, 3.63) is 118 Å². The number of carbonyl (C=O) groups excluding carboxylic acids is 1. The molecule has 41 heavy (non-hydrogen) atoms. The Balaban J connectivity index is 1.26. The predicted molar refractivity (Wildman–Crippen MR) is 172 cm³/mol. The van der Waals surface area contributed by atoms with Crippen molar-refractivity contribution in [2.45, 2.75) is 24.8 Å². The number of hydrogen-bond donors (Lipinski definition) is 1. The van der Waals surface area contributed by atoms with Gasteiger partial charge in [-0.2, -0.15) is 0 Å². The van der Waals surface area contributed by atoms with E-state index in [1.807, 2.05) is 53.4 Å². The van der Waals surface area contributed by atoms with Crippen LogP contribution in [0.3, 0.4) is 0 Å². The number of hydrogen-bond acceptors (Lipinski definition) is 3. The number of rotatable bonds is 6. The van der Waals surface area contributed by atoms with Crippen LogP contribution < -0.4 is 15.3 Å². The zero-order valence-electron chi connectivity index (χ0n) is 22.2. The first kappa shape index (κ1) is 27.7. The molecule has 2 N–H and O–H groups in total. The number of hydroxylamine groups is 2. The molecule has 4 aromatic rings. The Hall–Kier alpha value is -3.46. The summed E-state index contributed by atoms with van der Waals surface area (Å²) < 4.78 is -1.08. The van der Waals surface area contributed by atoms with Crippen LogP contribution in [0.1, 0.15) is 18.4 Å². The van der Waals surface area contributed by atoms with Crippen LogP contribution in [-0.2, 0) is 6.42 Å². The highest BCUT2D eigenvalue weighted by atomic mass is 35.5. The minimum atomic E-state index is -1.08. The van der Waals surface area contributed by atoms with E-state index in [1.54, 1.807) is 23.1 Å². The smallest absolute Gasteiger partial charge is 0.425 e. The summed E-state index contributed by atoms with van der Waals surface area (Å²) in [5, 5.41) is 15.0. The van der Waals surface area contributed by atoms with E-state index >= 15 is 0 Å². The molecule has 0 aliphatic carbocycles. The first-order valence-corrected chi connectivity index (χ1v) is 14.6. The maximum atomic E-state index is 14.0. The number of thiocarbonyl (C=S) groups is 1. The number of urea groups is 1. The molecule has 2 saturated heterocycles. The molecular formula is C32H28Cl2N4O2S.